The van der Waals surface area contributed by atoms with Crippen LogP contribution in [0.25, 0.3) is 22.4 Å². The Kier molecular flexibility index (Phi) is 12.2. The second kappa shape index (κ2) is 17.2. The van der Waals surface area contributed by atoms with Gasteiger partial charge in [-0.3, -0.25) is 29.6 Å². The van der Waals surface area contributed by atoms with Crippen molar-refractivity contribution in [1.29, 1.82) is 0 Å². The largest absolute Gasteiger partial charge is 0.480 e. The molecule has 0 spiro atoms. The van der Waals surface area contributed by atoms with Crippen LogP contribution in [0.1, 0.15) is 49.1 Å². The van der Waals surface area contributed by atoms with Gasteiger partial charge in [-0.2, -0.15) is 0 Å². The molecule has 6 rings (SSSR count). The summed E-state index contributed by atoms with van der Waals surface area (Å²) in [4.78, 5) is 41.1. The van der Waals surface area contributed by atoms with Gasteiger partial charge in [0, 0.05) is 85.4 Å². The Morgan fingerprint density at radius 3 is 2.56 bits per heavy atom. The van der Waals surface area contributed by atoms with E-state index in [1.165, 1.54) is 7.11 Å². The van der Waals surface area contributed by atoms with Crippen molar-refractivity contribution in [3.8, 4) is 28.3 Å². The molecule has 2 N–H and O–H groups in total. The van der Waals surface area contributed by atoms with E-state index in [4.69, 9.17) is 47.6 Å². The standard InChI is InChI=1S/C38H41Cl2N9O3/c1-23(46-37(51-3)32(41-2)19-43-17-25-11-12-34(50)47-25)26-7-5-8-27(35(26)39)28-9-6-10-29(36(28)40)31-20-45-33(38(48-31)52-4)22-49-16-13-24(21-49)30-18-42-14-15-44-30/h5-10,14-15,18,20,24-25,43H,2,11-13,16-17,19,21-22H2,1,3-4H3,(H,47,50)/b37-32+,46-23?/t24?,25-/m0/s1. The van der Waals surface area contributed by atoms with E-state index in [0.29, 0.717) is 82.0 Å². The third-order valence-corrected chi connectivity index (χ3v) is 10.1. The molecule has 0 aliphatic carbocycles. The molecule has 2 atom stereocenters. The molecule has 1 amide bonds. The van der Waals surface area contributed by atoms with Crippen molar-refractivity contribution in [2.45, 2.75) is 44.7 Å². The van der Waals surface area contributed by atoms with Crippen molar-refractivity contribution in [2.75, 3.05) is 40.4 Å². The van der Waals surface area contributed by atoms with Crippen LogP contribution in [-0.2, 0) is 16.1 Å². The van der Waals surface area contributed by atoms with Crippen LogP contribution in [0, 0.1) is 0 Å². The van der Waals surface area contributed by atoms with Crippen LogP contribution in [0.5, 0.6) is 5.88 Å². The number of halogens is 2. The van der Waals surface area contributed by atoms with Gasteiger partial charge in [-0.15, -0.1) is 0 Å². The molecule has 0 saturated carbocycles. The highest BCUT2D eigenvalue weighted by atomic mass is 35.5. The molecule has 0 radical (unpaired) electrons. The molecule has 2 aromatic carbocycles. The normalized spacial score (nSPS) is 18.2. The Hall–Kier alpha value is -4.75. The second-order valence-electron chi connectivity index (χ2n) is 12.6. The molecule has 0 bridgehead atoms. The van der Waals surface area contributed by atoms with Gasteiger partial charge in [0.05, 0.1) is 47.6 Å². The first-order chi connectivity index (χ1) is 25.3. The van der Waals surface area contributed by atoms with E-state index < -0.39 is 0 Å². The molecule has 2 fully saturated rings. The number of ether oxygens (including phenoxy) is 2. The third-order valence-electron chi connectivity index (χ3n) is 9.27. The number of likely N-dealkylation sites (tertiary alicyclic amines) is 1. The van der Waals surface area contributed by atoms with Crippen LogP contribution in [0.2, 0.25) is 10.0 Å². The van der Waals surface area contributed by atoms with Gasteiger partial charge in [0.15, 0.2) is 0 Å². The van der Waals surface area contributed by atoms with E-state index in [0.717, 1.165) is 48.4 Å². The van der Waals surface area contributed by atoms with E-state index in [-0.39, 0.29) is 11.9 Å². The minimum Gasteiger partial charge on any atom is -0.480 e. The summed E-state index contributed by atoms with van der Waals surface area (Å²) in [5, 5.41) is 7.21. The molecule has 2 aliphatic rings. The number of benzene rings is 2. The number of aromatic nitrogens is 4. The highest BCUT2D eigenvalue weighted by Crippen LogP contribution is 2.40. The number of aliphatic imine (C=N–C) groups is 2. The molecule has 1 unspecified atom stereocenters. The quantitative estimate of drug-likeness (QED) is 0.116. The van der Waals surface area contributed by atoms with Crippen molar-refractivity contribution in [3.63, 3.8) is 0 Å². The van der Waals surface area contributed by atoms with Crippen molar-refractivity contribution in [2.24, 2.45) is 9.98 Å². The lowest BCUT2D eigenvalue weighted by atomic mass is 9.98. The lowest BCUT2D eigenvalue weighted by molar-refractivity contribution is -0.119. The maximum Gasteiger partial charge on any atom is 0.237 e. The summed E-state index contributed by atoms with van der Waals surface area (Å²) in [5.74, 6) is 1.16. The molecule has 270 valence electrons. The van der Waals surface area contributed by atoms with Gasteiger partial charge in [-0.25, -0.2) is 9.98 Å². The molecule has 4 heterocycles. The van der Waals surface area contributed by atoms with Crippen molar-refractivity contribution in [3.05, 3.63) is 99.8 Å². The number of methoxy groups -OCH3 is 2. The van der Waals surface area contributed by atoms with E-state index >= 15 is 0 Å². The SMILES string of the molecule is C=N/C(CNC[C@@H]1CCC(=O)N1)=C(\N=C(C)c1cccc(-c2cccc(-c3cnc(CN4CCC(c5cnccn5)C4)c(OC)n3)c2Cl)c1Cl)OC. The van der Waals surface area contributed by atoms with Gasteiger partial charge in [0.25, 0.3) is 0 Å². The molecular formula is C38H41Cl2N9O3. The first-order valence-corrected chi connectivity index (χ1v) is 17.8. The molecular weight excluding hydrogens is 701 g/mol. The maximum atomic E-state index is 11.5. The number of hydrogen-bond acceptors (Lipinski definition) is 11. The minimum absolute atomic E-state index is 0.0694. The predicted octanol–water partition coefficient (Wildman–Crippen LogP) is 6.10. The molecule has 4 aromatic rings. The lowest BCUT2D eigenvalue weighted by Crippen LogP contribution is -2.36. The molecule has 2 aromatic heterocycles. The van der Waals surface area contributed by atoms with Crippen molar-refractivity contribution < 1.29 is 14.3 Å². The van der Waals surface area contributed by atoms with Gasteiger partial charge >= 0.3 is 0 Å². The van der Waals surface area contributed by atoms with Crippen LogP contribution in [0.3, 0.4) is 0 Å². The maximum absolute atomic E-state index is 11.5. The summed E-state index contributed by atoms with van der Waals surface area (Å²) in [6.45, 7) is 8.91. The van der Waals surface area contributed by atoms with Crippen molar-refractivity contribution >= 4 is 41.5 Å². The van der Waals surface area contributed by atoms with E-state index in [1.807, 2.05) is 49.5 Å². The van der Waals surface area contributed by atoms with Crippen molar-refractivity contribution in [1.82, 2.24) is 35.5 Å². The van der Waals surface area contributed by atoms with Gasteiger partial charge in [-0.1, -0.05) is 59.6 Å². The number of rotatable bonds is 14. The molecule has 12 nitrogen and oxygen atoms in total. The van der Waals surface area contributed by atoms with Crippen LogP contribution < -0.4 is 15.4 Å². The summed E-state index contributed by atoms with van der Waals surface area (Å²) < 4.78 is 11.3. The summed E-state index contributed by atoms with van der Waals surface area (Å²) >= 11 is 14.2. The molecule has 2 saturated heterocycles. The van der Waals surface area contributed by atoms with Gasteiger partial charge < -0.3 is 20.1 Å². The van der Waals surface area contributed by atoms with E-state index in [2.05, 4.69) is 37.2 Å². The molecule has 2 aliphatic heterocycles. The zero-order valence-corrected chi connectivity index (χ0v) is 30.9. The zero-order chi connectivity index (χ0) is 36.6. The highest BCUT2D eigenvalue weighted by molar-refractivity contribution is 6.39. The van der Waals surface area contributed by atoms with Gasteiger partial charge in [0.1, 0.15) is 11.4 Å². The summed E-state index contributed by atoms with van der Waals surface area (Å²) in [5.41, 5.74) is 6.35. The average molecular weight is 743 g/mol. The second-order valence-corrected chi connectivity index (χ2v) is 13.4. The van der Waals surface area contributed by atoms with Crippen LogP contribution in [0.4, 0.5) is 0 Å². The minimum atomic E-state index is 0.0694. The topological polar surface area (TPSA) is 139 Å². The Morgan fingerprint density at radius 1 is 1.06 bits per heavy atom. The number of amides is 1. The van der Waals surface area contributed by atoms with Gasteiger partial charge in [0.2, 0.25) is 17.7 Å². The summed E-state index contributed by atoms with van der Waals surface area (Å²) in [6, 6.07) is 11.5. The number of nitrogens with one attached hydrogen (secondary N) is 2. The fourth-order valence-corrected chi connectivity index (χ4v) is 7.23. The smallest absolute Gasteiger partial charge is 0.237 e. The van der Waals surface area contributed by atoms with E-state index in [9.17, 15) is 4.79 Å². The first kappa shape index (κ1) is 37.0. The fraction of sp³-hybridized carbons (Fsp3) is 0.342. The highest BCUT2D eigenvalue weighted by Gasteiger charge is 2.27. The number of nitrogens with zero attached hydrogens (tertiary/aromatic N) is 7. The Labute approximate surface area is 313 Å². The fourth-order valence-electron chi connectivity index (χ4n) is 6.54. The predicted molar refractivity (Wildman–Crippen MR) is 204 cm³/mol. The number of carbonyl (C=O) groups is 1. The number of hydrogen-bond donors (Lipinski definition) is 2. The summed E-state index contributed by atoms with van der Waals surface area (Å²) in [7, 11) is 3.13. The van der Waals surface area contributed by atoms with Crippen LogP contribution in [-0.4, -0.2) is 89.6 Å². The Bertz CT molecular complexity index is 1990. The zero-order valence-electron chi connectivity index (χ0n) is 29.4. The first-order valence-electron chi connectivity index (χ1n) is 17.0. The summed E-state index contributed by atoms with van der Waals surface area (Å²) in [6.07, 6.45) is 9.34. The lowest BCUT2D eigenvalue weighted by Gasteiger charge is -2.17. The van der Waals surface area contributed by atoms with Crippen LogP contribution in [0.15, 0.2) is 82.8 Å². The number of carbonyl (C=O) groups excluding carboxylic acids is 1. The monoisotopic (exact) mass is 741 g/mol. The molecule has 14 heteroatoms. The Morgan fingerprint density at radius 2 is 1.85 bits per heavy atom. The van der Waals surface area contributed by atoms with Crippen LogP contribution >= 0.6 is 23.2 Å². The third kappa shape index (κ3) is 8.47. The molecule has 52 heavy (non-hydrogen) atoms. The Balaban J connectivity index is 1.21. The van der Waals surface area contributed by atoms with Gasteiger partial charge in [-0.05, 0) is 33.0 Å². The van der Waals surface area contributed by atoms with E-state index in [1.54, 1.807) is 25.7 Å². The average Bonchev–Trinajstić information content (AvgIpc) is 3.82.